The summed E-state index contributed by atoms with van der Waals surface area (Å²) in [6, 6.07) is 1.01. The highest BCUT2D eigenvalue weighted by Crippen LogP contribution is 2.13. The average molecular weight is 286 g/mol. The van der Waals surface area contributed by atoms with Crippen molar-refractivity contribution in [3.63, 3.8) is 0 Å². The number of nitrogens with zero attached hydrogens (tertiary/aromatic N) is 1. The van der Waals surface area contributed by atoms with Crippen LogP contribution in [0.5, 0.6) is 0 Å². The van der Waals surface area contributed by atoms with E-state index in [0.717, 1.165) is 0 Å². The van der Waals surface area contributed by atoms with Crippen molar-refractivity contribution in [2.24, 2.45) is 5.73 Å². The monoisotopic (exact) mass is 285 g/mol. The van der Waals surface area contributed by atoms with Gasteiger partial charge in [-0.3, -0.25) is 4.98 Å². The Morgan fingerprint density at radius 1 is 1.56 bits per heavy atom. The number of nitrogens with two attached hydrogens (primary N) is 1. The molecule has 3 N–H and O–H groups in total. The Balaban J connectivity index is 0.00000225. The SMILES string of the molecule is C[C@H](CN)NS(=O)(=O)c1cncc(Cl)c1.Cl. The van der Waals surface area contributed by atoms with E-state index in [1.165, 1.54) is 18.5 Å². The quantitative estimate of drug-likeness (QED) is 0.856. The molecule has 0 aliphatic rings. The largest absolute Gasteiger partial charge is 0.329 e. The van der Waals surface area contributed by atoms with Gasteiger partial charge in [-0.1, -0.05) is 11.6 Å². The normalized spacial score (nSPS) is 12.9. The molecule has 5 nitrogen and oxygen atoms in total. The van der Waals surface area contributed by atoms with Crippen molar-refractivity contribution >= 4 is 34.0 Å². The minimum Gasteiger partial charge on any atom is -0.329 e. The second-order valence-electron chi connectivity index (χ2n) is 3.10. The summed E-state index contributed by atoms with van der Waals surface area (Å²) in [5.74, 6) is 0. The van der Waals surface area contributed by atoms with Crippen molar-refractivity contribution in [3.05, 3.63) is 23.5 Å². The molecular formula is C8H13Cl2N3O2S. The highest BCUT2D eigenvalue weighted by molar-refractivity contribution is 7.89. The molecule has 0 unspecified atom stereocenters. The van der Waals surface area contributed by atoms with E-state index in [-0.39, 0.29) is 34.9 Å². The van der Waals surface area contributed by atoms with Crippen LogP contribution in [0.15, 0.2) is 23.4 Å². The van der Waals surface area contributed by atoms with Gasteiger partial charge < -0.3 is 5.73 Å². The summed E-state index contributed by atoms with van der Waals surface area (Å²) in [6.07, 6.45) is 2.60. The molecule has 0 aliphatic carbocycles. The minimum absolute atomic E-state index is 0. The Morgan fingerprint density at radius 2 is 2.19 bits per heavy atom. The second kappa shape index (κ2) is 6.36. The molecule has 0 aliphatic heterocycles. The van der Waals surface area contributed by atoms with Crippen LogP contribution in [-0.4, -0.2) is 26.0 Å². The molecule has 0 fully saturated rings. The zero-order chi connectivity index (χ0) is 11.5. The number of pyridine rings is 1. The van der Waals surface area contributed by atoms with Gasteiger partial charge in [0.15, 0.2) is 0 Å². The summed E-state index contributed by atoms with van der Waals surface area (Å²) in [4.78, 5) is 3.74. The highest BCUT2D eigenvalue weighted by atomic mass is 35.5. The molecule has 1 atom stereocenters. The van der Waals surface area contributed by atoms with E-state index < -0.39 is 10.0 Å². The first-order valence-electron chi connectivity index (χ1n) is 4.28. The van der Waals surface area contributed by atoms with Gasteiger partial charge in [-0.2, -0.15) is 0 Å². The third-order valence-corrected chi connectivity index (χ3v) is 3.46. The van der Waals surface area contributed by atoms with Crippen LogP contribution in [0.3, 0.4) is 0 Å². The standard InChI is InChI=1S/C8H12ClN3O2S.ClH/c1-6(3-10)12-15(13,14)8-2-7(9)4-11-5-8;/h2,4-6,12H,3,10H2,1H3;1H/t6-;/m1./s1. The summed E-state index contributed by atoms with van der Waals surface area (Å²) < 4.78 is 25.8. The fourth-order valence-electron chi connectivity index (χ4n) is 0.920. The van der Waals surface area contributed by atoms with Crippen LogP contribution in [0.1, 0.15) is 6.92 Å². The predicted octanol–water partition coefficient (Wildman–Crippen LogP) is 0.782. The molecule has 16 heavy (non-hydrogen) atoms. The minimum atomic E-state index is -3.57. The van der Waals surface area contributed by atoms with Crippen LogP contribution in [0, 0.1) is 0 Å². The van der Waals surface area contributed by atoms with Gasteiger partial charge in [0.1, 0.15) is 4.90 Å². The van der Waals surface area contributed by atoms with Gasteiger partial charge in [0.2, 0.25) is 10.0 Å². The molecule has 1 aromatic rings. The zero-order valence-electron chi connectivity index (χ0n) is 8.55. The predicted molar refractivity (Wildman–Crippen MR) is 65.3 cm³/mol. The van der Waals surface area contributed by atoms with Gasteiger partial charge in [0.25, 0.3) is 0 Å². The topological polar surface area (TPSA) is 85.1 Å². The van der Waals surface area contributed by atoms with Gasteiger partial charge in [0, 0.05) is 25.0 Å². The van der Waals surface area contributed by atoms with E-state index in [1.807, 2.05) is 0 Å². The summed E-state index contributed by atoms with van der Waals surface area (Å²) in [5.41, 5.74) is 5.32. The molecule has 1 heterocycles. The first kappa shape index (κ1) is 15.6. The number of aromatic nitrogens is 1. The fourth-order valence-corrected chi connectivity index (χ4v) is 2.40. The first-order chi connectivity index (χ1) is 6.95. The molecule has 1 rings (SSSR count). The fraction of sp³-hybridized carbons (Fsp3) is 0.375. The van der Waals surface area contributed by atoms with Gasteiger partial charge in [0.05, 0.1) is 5.02 Å². The molecule has 0 saturated carbocycles. The van der Waals surface area contributed by atoms with Crippen LogP contribution in [0.25, 0.3) is 0 Å². The number of nitrogens with one attached hydrogen (secondary N) is 1. The molecule has 0 bridgehead atoms. The van der Waals surface area contributed by atoms with Gasteiger partial charge in [-0.05, 0) is 13.0 Å². The van der Waals surface area contributed by atoms with Crippen molar-refractivity contribution < 1.29 is 8.42 Å². The van der Waals surface area contributed by atoms with Crippen LogP contribution in [0.4, 0.5) is 0 Å². The Bertz CT molecular complexity index is 439. The number of rotatable bonds is 4. The third-order valence-electron chi connectivity index (χ3n) is 1.70. The van der Waals surface area contributed by atoms with Crippen LogP contribution in [0.2, 0.25) is 5.02 Å². The lowest BCUT2D eigenvalue weighted by atomic mass is 10.4. The number of hydrogen-bond donors (Lipinski definition) is 2. The van der Waals surface area contributed by atoms with Gasteiger partial charge in [-0.25, -0.2) is 13.1 Å². The zero-order valence-corrected chi connectivity index (χ0v) is 10.9. The lowest BCUT2D eigenvalue weighted by Crippen LogP contribution is -2.37. The van der Waals surface area contributed by atoms with E-state index in [0.29, 0.717) is 0 Å². The molecule has 0 spiro atoms. The Hall–Kier alpha value is -0.400. The number of halogens is 2. The summed E-state index contributed by atoms with van der Waals surface area (Å²) in [7, 11) is -3.57. The van der Waals surface area contributed by atoms with E-state index in [4.69, 9.17) is 17.3 Å². The first-order valence-corrected chi connectivity index (χ1v) is 6.15. The average Bonchev–Trinajstić information content (AvgIpc) is 2.17. The Labute approximate surface area is 106 Å². The number of hydrogen-bond acceptors (Lipinski definition) is 4. The van der Waals surface area contributed by atoms with E-state index in [2.05, 4.69) is 9.71 Å². The van der Waals surface area contributed by atoms with E-state index >= 15 is 0 Å². The highest BCUT2D eigenvalue weighted by Gasteiger charge is 2.16. The summed E-state index contributed by atoms with van der Waals surface area (Å²) in [5, 5.41) is 0.276. The Kier molecular flexibility index (Phi) is 6.20. The molecule has 8 heteroatoms. The van der Waals surface area contributed by atoms with Crippen molar-refractivity contribution in [3.8, 4) is 0 Å². The molecule has 92 valence electrons. The smallest absolute Gasteiger partial charge is 0.242 e. The van der Waals surface area contributed by atoms with Crippen LogP contribution < -0.4 is 10.5 Å². The molecular weight excluding hydrogens is 273 g/mol. The maximum atomic E-state index is 11.7. The van der Waals surface area contributed by atoms with E-state index in [1.54, 1.807) is 6.92 Å². The Morgan fingerprint density at radius 3 is 2.69 bits per heavy atom. The lowest BCUT2D eigenvalue weighted by molar-refractivity contribution is 0.562. The van der Waals surface area contributed by atoms with Crippen molar-refractivity contribution in [1.29, 1.82) is 0 Å². The van der Waals surface area contributed by atoms with Crippen molar-refractivity contribution in [2.75, 3.05) is 6.54 Å². The van der Waals surface area contributed by atoms with Gasteiger partial charge in [-0.15, -0.1) is 12.4 Å². The third kappa shape index (κ3) is 4.23. The summed E-state index contributed by atoms with van der Waals surface area (Å²) in [6.45, 7) is 1.91. The van der Waals surface area contributed by atoms with E-state index in [9.17, 15) is 8.42 Å². The molecule has 1 aromatic heterocycles. The molecule has 0 amide bonds. The second-order valence-corrected chi connectivity index (χ2v) is 5.25. The molecule has 0 radical (unpaired) electrons. The maximum Gasteiger partial charge on any atom is 0.242 e. The summed E-state index contributed by atoms with van der Waals surface area (Å²) >= 11 is 5.64. The lowest BCUT2D eigenvalue weighted by Gasteiger charge is -2.11. The van der Waals surface area contributed by atoms with Crippen molar-refractivity contribution in [1.82, 2.24) is 9.71 Å². The maximum absolute atomic E-state index is 11.7. The molecule has 0 aromatic carbocycles. The number of sulfonamides is 1. The van der Waals surface area contributed by atoms with Crippen molar-refractivity contribution in [2.45, 2.75) is 17.9 Å². The van der Waals surface area contributed by atoms with Crippen LogP contribution in [-0.2, 0) is 10.0 Å². The molecule has 0 saturated heterocycles. The van der Waals surface area contributed by atoms with Gasteiger partial charge >= 0.3 is 0 Å². The van der Waals surface area contributed by atoms with Crippen LogP contribution >= 0.6 is 24.0 Å².